The van der Waals surface area contributed by atoms with Crippen LogP contribution in [-0.2, 0) is 32.0 Å². The number of carbonyl (C=O) groups excluding carboxylic acids is 3. The molecule has 48 heavy (non-hydrogen) atoms. The van der Waals surface area contributed by atoms with E-state index in [1.165, 1.54) is 0 Å². The van der Waals surface area contributed by atoms with E-state index < -0.39 is 47.9 Å². The van der Waals surface area contributed by atoms with Gasteiger partial charge in [-0.3, -0.25) is 25.2 Å². The lowest BCUT2D eigenvalue weighted by Gasteiger charge is -2.25. The van der Waals surface area contributed by atoms with Gasteiger partial charge >= 0.3 is 5.97 Å². The number of rotatable bonds is 19. The third-order valence-corrected chi connectivity index (χ3v) is 7.58. The second kappa shape index (κ2) is 18.5. The minimum Gasteiger partial charge on any atom is -0.480 e. The summed E-state index contributed by atoms with van der Waals surface area (Å²) in [6, 6.07) is 12.0. The van der Waals surface area contributed by atoms with Crippen molar-refractivity contribution in [3.8, 4) is 0 Å². The number of aromatic nitrogens is 1. The molecule has 3 rings (SSSR count). The normalized spacial score (nSPS) is 13.4. The van der Waals surface area contributed by atoms with Crippen molar-refractivity contribution in [1.29, 1.82) is 10.8 Å². The number of aliphatic carboxylic acids is 1. The average molecular weight is 664 g/mol. The number of nitrogens with one attached hydrogen (secondary N) is 8. The van der Waals surface area contributed by atoms with Crippen molar-refractivity contribution in [3.05, 3.63) is 71.9 Å². The molecule has 0 unspecified atom stereocenters. The molecule has 1 aromatic heterocycles. The van der Waals surface area contributed by atoms with Gasteiger partial charge in [0.15, 0.2) is 11.9 Å². The first-order valence-corrected chi connectivity index (χ1v) is 15.6. The van der Waals surface area contributed by atoms with Crippen molar-refractivity contribution in [2.75, 3.05) is 13.1 Å². The topological polar surface area (TPSA) is 290 Å². The molecule has 0 radical (unpaired) electrons. The van der Waals surface area contributed by atoms with Gasteiger partial charge in [-0.25, -0.2) is 4.79 Å². The fourth-order valence-corrected chi connectivity index (χ4v) is 5.10. The first-order valence-electron chi connectivity index (χ1n) is 15.6. The van der Waals surface area contributed by atoms with Gasteiger partial charge in [-0.05, 0) is 49.3 Å². The molecule has 1 heterocycles. The zero-order valence-corrected chi connectivity index (χ0v) is 26.6. The van der Waals surface area contributed by atoms with Gasteiger partial charge in [0.1, 0.15) is 18.1 Å². The number of carboxylic acids is 1. The second-order valence-corrected chi connectivity index (χ2v) is 11.3. The van der Waals surface area contributed by atoms with Crippen LogP contribution in [0.1, 0.15) is 36.8 Å². The van der Waals surface area contributed by atoms with Gasteiger partial charge in [-0.1, -0.05) is 48.5 Å². The third kappa shape index (κ3) is 11.9. The number of amides is 3. The van der Waals surface area contributed by atoms with Crippen LogP contribution in [-0.4, -0.2) is 83.0 Å². The summed E-state index contributed by atoms with van der Waals surface area (Å²) in [4.78, 5) is 55.8. The Bertz CT molecular complexity index is 1560. The SMILES string of the molecule is N=C(N)NCCC[C@H](NC(=O)[C@H](Cc1c[nH]c2ccccc12)NC(=O)[C@H](CCCNC(=N)N)NC(=O)[C@@H](N)Cc1ccccc1)C(=O)O. The molecule has 0 saturated heterocycles. The molecule has 258 valence electrons. The van der Waals surface area contributed by atoms with Crippen LogP contribution in [0.5, 0.6) is 0 Å². The fraction of sp³-hybridized carbons (Fsp3) is 0.375. The van der Waals surface area contributed by atoms with Crippen LogP contribution in [0.25, 0.3) is 10.9 Å². The molecule has 0 fully saturated rings. The Morgan fingerprint density at radius 2 is 1.27 bits per heavy atom. The van der Waals surface area contributed by atoms with Gasteiger partial charge in [0.05, 0.1) is 6.04 Å². The Labute approximate surface area is 278 Å². The largest absolute Gasteiger partial charge is 0.480 e. The molecular formula is C32H45N11O5. The lowest BCUT2D eigenvalue weighted by molar-refractivity contribution is -0.142. The van der Waals surface area contributed by atoms with Gasteiger partial charge in [-0.15, -0.1) is 0 Å². The minimum absolute atomic E-state index is 0.0138. The molecule has 2 aromatic carbocycles. The van der Waals surface area contributed by atoms with E-state index in [-0.39, 0.29) is 50.7 Å². The number of benzene rings is 2. The molecule has 0 bridgehead atoms. The third-order valence-electron chi connectivity index (χ3n) is 7.58. The number of hydrogen-bond acceptors (Lipinski definition) is 7. The van der Waals surface area contributed by atoms with Crippen LogP contribution in [0.4, 0.5) is 0 Å². The quantitative estimate of drug-likeness (QED) is 0.0437. The molecule has 3 aromatic rings. The molecule has 0 saturated carbocycles. The molecule has 0 aliphatic rings. The Morgan fingerprint density at radius 3 is 1.90 bits per heavy atom. The maximum absolute atomic E-state index is 13.8. The molecule has 0 spiro atoms. The summed E-state index contributed by atoms with van der Waals surface area (Å²) >= 11 is 0. The zero-order chi connectivity index (χ0) is 35.1. The summed E-state index contributed by atoms with van der Waals surface area (Å²) in [6.45, 7) is 0.486. The van der Waals surface area contributed by atoms with Crippen LogP contribution in [0, 0.1) is 10.8 Å². The Hall–Kier alpha value is -5.64. The van der Waals surface area contributed by atoms with E-state index in [9.17, 15) is 24.3 Å². The monoisotopic (exact) mass is 663 g/mol. The van der Waals surface area contributed by atoms with Gasteiger partial charge in [0, 0.05) is 36.6 Å². The highest BCUT2D eigenvalue weighted by molar-refractivity contribution is 5.95. The highest BCUT2D eigenvalue weighted by Crippen LogP contribution is 2.19. The maximum atomic E-state index is 13.8. The highest BCUT2D eigenvalue weighted by atomic mass is 16.4. The number of guanidine groups is 2. The van der Waals surface area contributed by atoms with Crippen LogP contribution in [0.3, 0.4) is 0 Å². The zero-order valence-electron chi connectivity index (χ0n) is 26.6. The molecule has 16 nitrogen and oxygen atoms in total. The summed E-state index contributed by atoms with van der Waals surface area (Å²) in [5.74, 6) is -3.74. The van der Waals surface area contributed by atoms with E-state index in [4.69, 9.17) is 28.0 Å². The summed E-state index contributed by atoms with van der Waals surface area (Å²) in [5, 5.41) is 38.5. The molecule has 0 aliphatic carbocycles. The highest BCUT2D eigenvalue weighted by Gasteiger charge is 2.31. The van der Waals surface area contributed by atoms with Crippen molar-refractivity contribution in [2.45, 2.75) is 62.7 Å². The minimum atomic E-state index is -1.28. The number of hydrogen-bond donors (Lipinski definition) is 12. The van der Waals surface area contributed by atoms with Gasteiger partial charge in [0.2, 0.25) is 17.7 Å². The maximum Gasteiger partial charge on any atom is 0.326 e. The summed E-state index contributed by atoms with van der Waals surface area (Å²) in [6.07, 6.45) is 2.75. The Morgan fingerprint density at radius 1 is 0.729 bits per heavy atom. The van der Waals surface area contributed by atoms with E-state index >= 15 is 0 Å². The molecule has 3 amide bonds. The number of H-pyrrole nitrogens is 1. The predicted octanol–water partition coefficient (Wildman–Crippen LogP) is -0.654. The number of para-hydroxylation sites is 1. The van der Waals surface area contributed by atoms with Gasteiger partial charge in [0.25, 0.3) is 0 Å². The number of aromatic amines is 1. The van der Waals surface area contributed by atoms with E-state index in [1.807, 2.05) is 54.6 Å². The van der Waals surface area contributed by atoms with Crippen molar-refractivity contribution < 1.29 is 24.3 Å². The summed E-state index contributed by atoms with van der Waals surface area (Å²) < 4.78 is 0. The van der Waals surface area contributed by atoms with Crippen LogP contribution in [0.15, 0.2) is 60.8 Å². The number of nitrogens with two attached hydrogens (primary N) is 3. The second-order valence-electron chi connectivity index (χ2n) is 11.3. The van der Waals surface area contributed by atoms with E-state index in [0.717, 1.165) is 16.5 Å². The lowest BCUT2D eigenvalue weighted by Crippen LogP contribution is -2.57. The Kier molecular flexibility index (Phi) is 14.2. The number of carboxylic acid groups (broad SMARTS) is 1. The van der Waals surface area contributed by atoms with Gasteiger partial charge in [-0.2, -0.15) is 0 Å². The summed E-state index contributed by atoms with van der Waals surface area (Å²) in [7, 11) is 0. The van der Waals surface area contributed by atoms with E-state index in [0.29, 0.717) is 18.4 Å². The standard InChI is InChI=1S/C32H45N11O5/c33-22(16-19-8-2-1-3-9-19)27(44)41-24(12-6-14-38-31(34)35)28(45)43-26(17-20-18-40-23-11-5-4-10-21(20)23)29(46)42-25(30(47)48)13-7-15-39-32(36)37/h1-5,8-11,18,22,24-26,40H,6-7,12-17,33H2,(H,41,44)(H,42,46)(H,43,45)(H,47,48)(H4,34,35,38)(H4,36,37,39)/t22-,24-,25-,26-/m0/s1. The van der Waals surface area contributed by atoms with Gasteiger partial charge < -0.3 is 53.9 Å². The predicted molar refractivity (Wildman–Crippen MR) is 182 cm³/mol. The molecule has 16 heteroatoms. The average Bonchev–Trinajstić information content (AvgIpc) is 3.46. The molecule has 0 aliphatic heterocycles. The fourth-order valence-electron chi connectivity index (χ4n) is 5.10. The summed E-state index contributed by atoms with van der Waals surface area (Å²) in [5.41, 5.74) is 19.2. The molecular weight excluding hydrogens is 618 g/mol. The first-order chi connectivity index (χ1) is 22.9. The van der Waals surface area contributed by atoms with Crippen molar-refractivity contribution in [1.82, 2.24) is 31.6 Å². The smallest absolute Gasteiger partial charge is 0.326 e. The van der Waals surface area contributed by atoms with Crippen LogP contribution < -0.4 is 43.8 Å². The first kappa shape index (κ1) is 36.8. The van der Waals surface area contributed by atoms with Crippen LogP contribution >= 0.6 is 0 Å². The van der Waals surface area contributed by atoms with Crippen molar-refractivity contribution in [3.63, 3.8) is 0 Å². The van der Waals surface area contributed by atoms with E-state index in [2.05, 4.69) is 31.6 Å². The molecule has 4 atom stereocenters. The Balaban J connectivity index is 1.81. The molecule has 15 N–H and O–H groups in total. The van der Waals surface area contributed by atoms with Crippen molar-refractivity contribution in [2.24, 2.45) is 17.2 Å². The number of fused-ring (bicyclic) bond motifs is 1. The van der Waals surface area contributed by atoms with Crippen LogP contribution in [0.2, 0.25) is 0 Å². The lowest BCUT2D eigenvalue weighted by atomic mass is 10.0. The van der Waals surface area contributed by atoms with E-state index in [1.54, 1.807) is 6.20 Å². The van der Waals surface area contributed by atoms with Crippen molar-refractivity contribution >= 4 is 46.5 Å². The number of carbonyl (C=O) groups is 4.